The fraction of sp³-hybridized carbons (Fsp3) is 1.00. The van der Waals surface area contributed by atoms with Gasteiger partial charge in [0.2, 0.25) is 0 Å². The molecule has 0 aliphatic rings. The molecule has 0 unspecified atom stereocenters. The third-order valence-electron chi connectivity index (χ3n) is 0.862. The van der Waals surface area contributed by atoms with Crippen LogP contribution in [-0.2, 0) is 60.8 Å². The maximum atomic E-state index is 11.3. The van der Waals surface area contributed by atoms with Gasteiger partial charge in [-0.3, -0.25) is 22.5 Å². The summed E-state index contributed by atoms with van der Waals surface area (Å²) < 4.78 is 42.6. The van der Waals surface area contributed by atoms with E-state index in [0.29, 0.717) is 19.8 Å². The minimum absolute atomic E-state index is 0. The molecule has 0 aromatic rings. The van der Waals surface area contributed by atoms with Crippen molar-refractivity contribution in [3.63, 3.8) is 0 Å². The number of phosphoric ester groups is 1. The van der Waals surface area contributed by atoms with Gasteiger partial charge in [-0.05, 0) is 20.8 Å². The molecule has 111 valence electrons. The number of hydrogen-bond acceptors (Lipinski definition) is 6. The van der Waals surface area contributed by atoms with Crippen molar-refractivity contribution in [1.29, 1.82) is 0 Å². The van der Waals surface area contributed by atoms with Crippen LogP contribution in [0.2, 0.25) is 0 Å². The van der Waals surface area contributed by atoms with Gasteiger partial charge in [0.1, 0.15) is 0 Å². The van der Waals surface area contributed by atoms with Crippen LogP contribution in [0.3, 0.4) is 0 Å². The molecule has 0 aliphatic heterocycles. The second-order valence-corrected chi connectivity index (χ2v) is 3.62. The molecule has 0 bridgehead atoms. The summed E-state index contributed by atoms with van der Waals surface area (Å²) in [6.45, 7) is 6.21. The maximum Gasteiger partial charge on any atom is 3.00 e. The van der Waals surface area contributed by atoms with E-state index in [0.717, 1.165) is 0 Å². The van der Waals surface area contributed by atoms with Gasteiger partial charge in [0, 0.05) is 0 Å². The molecule has 0 aromatic carbocycles. The molecule has 0 fully saturated rings. The summed E-state index contributed by atoms with van der Waals surface area (Å²) in [7, 11) is -4.64. The maximum absolute atomic E-state index is 11.3. The Bertz CT molecular complexity index is 187. The van der Waals surface area contributed by atoms with E-state index in [1.165, 1.54) is 0 Å². The van der Waals surface area contributed by atoms with Crippen LogP contribution < -0.4 is 0 Å². The molecular formula is C6H15CrO9PSi-3. The zero-order valence-electron chi connectivity index (χ0n) is 10.2. The third-order valence-corrected chi connectivity index (χ3v) is 2.58. The number of rotatable bonds is 6. The summed E-state index contributed by atoms with van der Waals surface area (Å²) in [5.41, 5.74) is 0. The van der Waals surface area contributed by atoms with E-state index in [9.17, 15) is 4.57 Å². The Kier molecular flexibility index (Phi) is 52.3. The molecule has 9 nitrogen and oxygen atoms in total. The Labute approximate surface area is 119 Å². The van der Waals surface area contributed by atoms with Crippen LogP contribution in [0.15, 0.2) is 0 Å². The molecule has 0 N–H and O–H groups in total. The number of phosphoric acid groups is 1. The van der Waals surface area contributed by atoms with Crippen LogP contribution in [-0.4, -0.2) is 29.1 Å². The molecule has 0 atom stereocenters. The molecule has 0 saturated heterocycles. The van der Waals surface area contributed by atoms with E-state index >= 15 is 0 Å². The number of hydrogen-bond donors (Lipinski definition) is 0. The van der Waals surface area contributed by atoms with E-state index in [-0.39, 0.29) is 33.8 Å². The summed E-state index contributed by atoms with van der Waals surface area (Å²) in [5, 5.41) is 0. The van der Waals surface area contributed by atoms with Crippen molar-refractivity contribution in [2.24, 2.45) is 0 Å². The molecule has 0 saturated carbocycles. The Balaban J connectivity index is -0.0000000469. The minimum atomic E-state index is -3.22. The summed E-state index contributed by atoms with van der Waals surface area (Å²) in [6.07, 6.45) is 0. The van der Waals surface area contributed by atoms with E-state index in [1.807, 2.05) is 0 Å². The fourth-order valence-corrected chi connectivity index (χ4v) is 1.76. The van der Waals surface area contributed by atoms with Crippen LogP contribution in [0.1, 0.15) is 20.8 Å². The average Bonchev–Trinajstić information content (AvgIpc) is 2.06. The topological polar surface area (TPSA) is 164 Å². The van der Waals surface area contributed by atoms with Gasteiger partial charge >= 0.3 is 34.5 Å². The largest absolute Gasteiger partial charge is 3.00 e. The van der Waals surface area contributed by atoms with Gasteiger partial charge in [0.05, 0.1) is 19.8 Å². The predicted octanol–water partition coefficient (Wildman–Crippen LogP) is 1.23. The second-order valence-electron chi connectivity index (χ2n) is 1.78. The molecule has 0 spiro atoms. The van der Waals surface area contributed by atoms with Gasteiger partial charge in [-0.1, -0.05) is 0 Å². The minimum Gasteiger partial charge on any atom is -2.00 e. The van der Waals surface area contributed by atoms with Gasteiger partial charge < -0.3 is 16.4 Å². The van der Waals surface area contributed by atoms with E-state index in [1.54, 1.807) is 20.8 Å². The summed E-state index contributed by atoms with van der Waals surface area (Å²) >= 11 is 0. The van der Waals surface area contributed by atoms with E-state index in [2.05, 4.69) is 0 Å². The zero-order valence-corrected chi connectivity index (χ0v) is 13.3. The van der Waals surface area contributed by atoms with Gasteiger partial charge in [-0.2, -0.15) is 0 Å². The van der Waals surface area contributed by atoms with Gasteiger partial charge in [0.15, 0.2) is 0 Å². The van der Waals surface area contributed by atoms with Crippen LogP contribution in [0, 0.1) is 0 Å². The molecule has 0 aliphatic carbocycles. The van der Waals surface area contributed by atoms with Crippen LogP contribution in [0.4, 0.5) is 0 Å². The van der Waals surface area contributed by atoms with Crippen LogP contribution in [0.25, 0.3) is 0 Å². The van der Waals surface area contributed by atoms with Crippen molar-refractivity contribution in [3.8, 4) is 0 Å². The van der Waals surface area contributed by atoms with E-state index in [4.69, 9.17) is 22.5 Å². The molecule has 1 radical (unpaired) electrons. The first-order valence-corrected chi connectivity index (χ1v) is 6.40. The van der Waals surface area contributed by atoms with Crippen molar-refractivity contribution in [1.82, 2.24) is 0 Å². The normalized spacial score (nSPS) is 7.72. The molecular weight excluding hydrogens is 327 g/mol. The third kappa shape index (κ3) is 25.3. The van der Waals surface area contributed by atoms with Crippen molar-refractivity contribution < 1.29 is 60.8 Å². The predicted molar refractivity (Wildman–Crippen MR) is 51.7 cm³/mol. The van der Waals surface area contributed by atoms with Crippen LogP contribution in [0.5, 0.6) is 0 Å². The van der Waals surface area contributed by atoms with Crippen molar-refractivity contribution in [2.45, 2.75) is 20.8 Å². The van der Waals surface area contributed by atoms with E-state index < -0.39 is 17.1 Å². The monoisotopic (exact) mass is 342 g/mol. The Morgan fingerprint density at radius 3 is 1.11 bits per heavy atom. The quantitative estimate of drug-likeness (QED) is 0.520. The van der Waals surface area contributed by atoms with Crippen molar-refractivity contribution in [2.75, 3.05) is 19.8 Å². The SMILES string of the molecule is CCOP(=O)(OCC)OCC.O=[Si]=O.[Cr+3].[O-2].[O-2].[O-2]. The molecule has 0 heterocycles. The first-order valence-electron chi connectivity index (χ1n) is 4.13. The first kappa shape index (κ1) is 36.2. The summed E-state index contributed by atoms with van der Waals surface area (Å²) in [4.78, 5) is 0. The van der Waals surface area contributed by atoms with Crippen molar-refractivity contribution >= 4 is 17.1 Å². The summed E-state index contributed by atoms with van der Waals surface area (Å²) in [5.74, 6) is 0. The molecule has 18 heavy (non-hydrogen) atoms. The Morgan fingerprint density at radius 2 is 1.00 bits per heavy atom. The molecule has 12 heteroatoms. The molecule has 0 rings (SSSR count). The molecule has 0 aromatic heterocycles. The zero-order chi connectivity index (χ0) is 11.4. The molecule has 0 amide bonds. The van der Waals surface area contributed by atoms with Gasteiger partial charge in [-0.15, -0.1) is 0 Å². The average molecular weight is 342 g/mol. The standard InChI is InChI=1S/C6H15O4P.Cr.O2Si.3O/c1-4-8-11(7,9-5-2)10-6-3;;1-3-2;;;/h4-6H2,1-3H3;;;;;/q;+3;;3*-2. The fourth-order valence-electron chi connectivity index (χ4n) is 0.586. The smallest absolute Gasteiger partial charge is 2.00 e. The second kappa shape index (κ2) is 26.0. The van der Waals surface area contributed by atoms with Gasteiger partial charge in [-0.25, -0.2) is 4.57 Å². The first-order chi connectivity index (χ1) is 6.60. The Hall–Kier alpha value is 0.339. The van der Waals surface area contributed by atoms with Crippen molar-refractivity contribution in [3.05, 3.63) is 0 Å². The Morgan fingerprint density at radius 1 is 0.833 bits per heavy atom. The summed E-state index contributed by atoms with van der Waals surface area (Å²) in [6, 6.07) is 0. The van der Waals surface area contributed by atoms with Crippen LogP contribution >= 0.6 is 7.82 Å². The van der Waals surface area contributed by atoms with Gasteiger partial charge in [0.25, 0.3) is 0 Å².